The van der Waals surface area contributed by atoms with E-state index in [-0.39, 0.29) is 5.39 Å². The van der Waals surface area contributed by atoms with Crippen LogP contribution in [0.3, 0.4) is 0 Å². The van der Waals surface area contributed by atoms with Gasteiger partial charge < -0.3 is 5.32 Å². The maximum atomic E-state index is 15.2. The summed E-state index contributed by atoms with van der Waals surface area (Å²) in [6.45, 7) is 0. The third-order valence-electron chi connectivity index (χ3n) is 5.35. The van der Waals surface area contributed by atoms with Crippen LogP contribution in [0.2, 0.25) is 5.02 Å². The van der Waals surface area contributed by atoms with Crippen molar-refractivity contribution in [3.63, 3.8) is 0 Å². The van der Waals surface area contributed by atoms with Crippen LogP contribution >= 0.6 is 11.6 Å². The van der Waals surface area contributed by atoms with Gasteiger partial charge >= 0.3 is 0 Å². The molecule has 1 fully saturated rings. The molecule has 2 aromatic carbocycles. The van der Waals surface area contributed by atoms with Gasteiger partial charge in [-0.3, -0.25) is 4.79 Å². The standard InChI is InChI=1S/C19H14ClF2N3O/c20-12-4-2-1-3-10(12)15-16-14-11(18(26)25-24-16)7-9(21)8-13(14)23-17(15)19(22)5-6-19/h1-4,7-8,15,17,23H,5-6H2,(H,25,26)/t15-,17?/m0/s1. The van der Waals surface area contributed by atoms with Crippen LogP contribution in [0, 0.1) is 5.82 Å². The number of rotatable bonds is 2. The average Bonchev–Trinajstić information content (AvgIpc) is 3.36. The first-order chi connectivity index (χ1) is 12.5. The molecular weight excluding hydrogens is 360 g/mol. The third kappa shape index (κ3) is 2.18. The van der Waals surface area contributed by atoms with Gasteiger partial charge in [-0.25, -0.2) is 13.9 Å². The van der Waals surface area contributed by atoms with Crippen molar-refractivity contribution in [1.82, 2.24) is 10.2 Å². The molecule has 26 heavy (non-hydrogen) atoms. The Morgan fingerprint density at radius 2 is 2.00 bits per heavy atom. The highest BCUT2D eigenvalue weighted by Crippen LogP contribution is 2.53. The van der Waals surface area contributed by atoms with E-state index in [0.29, 0.717) is 34.6 Å². The Kier molecular flexibility index (Phi) is 3.19. The number of nitrogens with zero attached hydrogens (tertiary/aromatic N) is 1. The number of aromatic amines is 1. The van der Waals surface area contributed by atoms with Gasteiger partial charge in [0, 0.05) is 16.1 Å². The molecule has 1 unspecified atom stereocenters. The van der Waals surface area contributed by atoms with E-state index in [4.69, 9.17) is 11.6 Å². The Hall–Kier alpha value is -2.47. The predicted molar refractivity (Wildman–Crippen MR) is 96.1 cm³/mol. The zero-order valence-electron chi connectivity index (χ0n) is 13.5. The van der Waals surface area contributed by atoms with Gasteiger partial charge in [-0.15, -0.1) is 0 Å². The summed E-state index contributed by atoms with van der Waals surface area (Å²) in [5.41, 5.74) is -0.269. The quantitative estimate of drug-likeness (QED) is 0.709. The molecule has 0 saturated heterocycles. The number of halogens is 3. The highest BCUT2D eigenvalue weighted by atomic mass is 35.5. The van der Waals surface area contributed by atoms with Crippen molar-refractivity contribution < 1.29 is 8.78 Å². The highest BCUT2D eigenvalue weighted by Gasteiger charge is 2.56. The molecule has 1 aliphatic heterocycles. The number of aromatic nitrogens is 2. The number of benzene rings is 2. The van der Waals surface area contributed by atoms with E-state index < -0.39 is 29.0 Å². The van der Waals surface area contributed by atoms with Crippen molar-refractivity contribution in [3.8, 4) is 0 Å². The second-order valence-corrected chi connectivity index (χ2v) is 7.38. The zero-order valence-corrected chi connectivity index (χ0v) is 14.3. The summed E-state index contributed by atoms with van der Waals surface area (Å²) < 4.78 is 29.2. The second-order valence-electron chi connectivity index (χ2n) is 6.97. The fraction of sp³-hybridized carbons (Fsp3) is 0.263. The molecule has 2 heterocycles. The van der Waals surface area contributed by atoms with Gasteiger partial charge in [-0.2, -0.15) is 5.10 Å². The number of nitrogens with one attached hydrogen (secondary N) is 2. The van der Waals surface area contributed by atoms with Gasteiger partial charge in [-0.1, -0.05) is 29.8 Å². The predicted octanol–water partition coefficient (Wildman–Crippen LogP) is 4.14. The van der Waals surface area contributed by atoms with Gasteiger partial charge in [0.1, 0.15) is 11.5 Å². The summed E-state index contributed by atoms with van der Waals surface area (Å²) in [4.78, 5) is 12.2. The molecule has 1 saturated carbocycles. The molecule has 1 aromatic heterocycles. The Morgan fingerprint density at radius 1 is 1.23 bits per heavy atom. The molecule has 2 aliphatic rings. The fourth-order valence-corrected chi connectivity index (χ4v) is 4.20. The summed E-state index contributed by atoms with van der Waals surface area (Å²) >= 11 is 6.40. The van der Waals surface area contributed by atoms with Gasteiger partial charge in [0.2, 0.25) is 0 Å². The molecule has 7 heteroatoms. The van der Waals surface area contributed by atoms with Gasteiger partial charge in [0.15, 0.2) is 0 Å². The first-order valence-corrected chi connectivity index (χ1v) is 8.77. The van der Waals surface area contributed by atoms with Crippen molar-refractivity contribution in [2.24, 2.45) is 0 Å². The fourth-order valence-electron chi connectivity index (χ4n) is 3.95. The lowest BCUT2D eigenvalue weighted by atomic mass is 9.80. The molecular formula is C19H14ClF2N3O. The van der Waals surface area contributed by atoms with Crippen molar-refractivity contribution >= 4 is 28.1 Å². The monoisotopic (exact) mass is 373 g/mol. The Bertz CT molecular complexity index is 1110. The minimum Gasteiger partial charge on any atom is -0.377 e. The average molecular weight is 374 g/mol. The van der Waals surface area contributed by atoms with Crippen LogP contribution in [0.25, 0.3) is 10.8 Å². The number of H-pyrrole nitrogens is 1. The van der Waals surface area contributed by atoms with Gasteiger partial charge in [-0.05, 0) is 36.6 Å². The second kappa shape index (κ2) is 5.27. The number of hydrogen-bond donors (Lipinski definition) is 2. The van der Waals surface area contributed by atoms with Crippen LogP contribution in [0.4, 0.5) is 14.5 Å². The van der Waals surface area contributed by atoms with E-state index >= 15 is 4.39 Å². The first kappa shape index (κ1) is 15.8. The van der Waals surface area contributed by atoms with Crippen LogP contribution in [0.5, 0.6) is 0 Å². The molecule has 5 rings (SSSR count). The largest absolute Gasteiger partial charge is 0.377 e. The van der Waals surface area contributed by atoms with Crippen LogP contribution in [-0.4, -0.2) is 21.9 Å². The van der Waals surface area contributed by atoms with E-state index in [9.17, 15) is 9.18 Å². The SMILES string of the molecule is O=c1[nH]nc2c3c(cc(F)cc13)NC(C1(F)CC1)[C@H]2c1ccccc1Cl. The molecule has 4 nitrogen and oxygen atoms in total. The summed E-state index contributed by atoms with van der Waals surface area (Å²) in [6.07, 6.45) is 0.839. The maximum Gasteiger partial charge on any atom is 0.272 e. The number of hydrogen-bond acceptors (Lipinski definition) is 3. The summed E-state index contributed by atoms with van der Waals surface area (Å²) in [5.74, 6) is -1.05. The molecule has 2 N–H and O–H groups in total. The highest BCUT2D eigenvalue weighted by molar-refractivity contribution is 6.31. The first-order valence-electron chi connectivity index (χ1n) is 8.40. The summed E-state index contributed by atoms with van der Waals surface area (Å²) in [6, 6.07) is 9.04. The van der Waals surface area contributed by atoms with Crippen molar-refractivity contribution in [1.29, 1.82) is 0 Å². The van der Waals surface area contributed by atoms with E-state index in [0.717, 1.165) is 5.56 Å². The topological polar surface area (TPSA) is 57.8 Å². The Morgan fingerprint density at radius 3 is 2.73 bits per heavy atom. The minimum absolute atomic E-state index is 0.191. The molecule has 1 aliphatic carbocycles. The lowest BCUT2D eigenvalue weighted by molar-refractivity contribution is 0.253. The molecule has 2 atom stereocenters. The maximum absolute atomic E-state index is 15.2. The lowest BCUT2D eigenvalue weighted by Gasteiger charge is -2.36. The third-order valence-corrected chi connectivity index (χ3v) is 5.69. The number of alkyl halides is 1. The normalized spacial score (nSPS) is 22.9. The Balaban J connectivity index is 1.85. The van der Waals surface area contributed by atoms with E-state index in [1.54, 1.807) is 12.1 Å². The van der Waals surface area contributed by atoms with E-state index in [1.807, 2.05) is 12.1 Å². The molecule has 132 valence electrons. The lowest BCUT2D eigenvalue weighted by Crippen LogP contribution is -2.42. The van der Waals surface area contributed by atoms with Gasteiger partial charge in [0.05, 0.1) is 23.0 Å². The molecule has 0 radical (unpaired) electrons. The van der Waals surface area contributed by atoms with E-state index in [2.05, 4.69) is 15.5 Å². The van der Waals surface area contributed by atoms with Crippen LogP contribution in [-0.2, 0) is 0 Å². The zero-order chi connectivity index (χ0) is 18.1. The minimum atomic E-state index is -1.42. The summed E-state index contributed by atoms with van der Waals surface area (Å²) in [5, 5.41) is 11.0. The molecule has 0 amide bonds. The van der Waals surface area contributed by atoms with Crippen LogP contribution in [0.15, 0.2) is 41.2 Å². The van der Waals surface area contributed by atoms with Gasteiger partial charge in [0.25, 0.3) is 5.56 Å². The van der Waals surface area contributed by atoms with Crippen LogP contribution in [0.1, 0.15) is 30.0 Å². The van der Waals surface area contributed by atoms with Crippen molar-refractivity contribution in [2.75, 3.05) is 5.32 Å². The molecule has 3 aromatic rings. The van der Waals surface area contributed by atoms with Crippen LogP contribution < -0.4 is 10.9 Å². The number of anilines is 1. The smallest absolute Gasteiger partial charge is 0.272 e. The molecule has 0 spiro atoms. The molecule has 0 bridgehead atoms. The van der Waals surface area contributed by atoms with Crippen molar-refractivity contribution in [3.05, 3.63) is 68.8 Å². The van der Waals surface area contributed by atoms with Crippen molar-refractivity contribution in [2.45, 2.75) is 30.5 Å². The summed E-state index contributed by atoms with van der Waals surface area (Å²) in [7, 11) is 0. The van der Waals surface area contributed by atoms with E-state index in [1.165, 1.54) is 12.1 Å². The Labute approximate surface area is 152 Å².